The van der Waals surface area contributed by atoms with Gasteiger partial charge in [0.15, 0.2) is 0 Å². The van der Waals surface area contributed by atoms with Crippen molar-refractivity contribution in [3.05, 3.63) is 53.9 Å². The number of nitrogens with one attached hydrogen (secondary N) is 1. The number of amides is 1. The molecule has 0 spiro atoms. The minimum atomic E-state index is -0.195. The normalized spacial score (nSPS) is 10.3. The first kappa shape index (κ1) is 16.0. The molecule has 0 fully saturated rings. The van der Waals surface area contributed by atoms with E-state index < -0.39 is 0 Å². The molecule has 1 aromatic carbocycles. The van der Waals surface area contributed by atoms with Crippen LogP contribution in [0.1, 0.15) is 29.9 Å². The molecule has 0 saturated carbocycles. The summed E-state index contributed by atoms with van der Waals surface area (Å²) in [6.07, 6.45) is 1.55. The maximum atomic E-state index is 12.1. The molecule has 0 aliphatic carbocycles. The monoisotopic (exact) mass is 300 g/mol. The van der Waals surface area contributed by atoms with Crippen molar-refractivity contribution >= 4 is 11.6 Å². The molecule has 0 bridgehead atoms. The number of benzene rings is 1. The van der Waals surface area contributed by atoms with Crippen molar-refractivity contribution in [3.63, 3.8) is 0 Å². The Morgan fingerprint density at radius 3 is 2.45 bits per heavy atom. The van der Waals surface area contributed by atoms with Gasteiger partial charge in [0.25, 0.3) is 5.91 Å². The van der Waals surface area contributed by atoms with E-state index in [9.17, 15) is 4.79 Å². The van der Waals surface area contributed by atoms with E-state index >= 15 is 0 Å². The molecule has 0 aliphatic rings. The molecular weight excluding hydrogens is 280 g/mol. The molecule has 0 radical (unpaired) electrons. The summed E-state index contributed by atoms with van der Waals surface area (Å²) in [5.74, 6) is 0.585. The van der Waals surface area contributed by atoms with Crippen molar-refractivity contribution in [1.29, 1.82) is 0 Å². The third-order valence-corrected chi connectivity index (χ3v) is 2.96. The number of anilines is 1. The van der Waals surface area contributed by atoms with Gasteiger partial charge in [-0.05, 0) is 50.2 Å². The largest absolute Gasteiger partial charge is 0.494 e. The van der Waals surface area contributed by atoms with Crippen molar-refractivity contribution in [2.24, 2.45) is 0 Å². The van der Waals surface area contributed by atoms with Gasteiger partial charge in [-0.3, -0.25) is 9.78 Å². The molecule has 1 N–H and O–H groups in total. The predicted octanol–water partition coefficient (Wildman–Crippen LogP) is 3.27. The lowest BCUT2D eigenvalue weighted by atomic mass is 10.2. The van der Waals surface area contributed by atoms with E-state index in [1.54, 1.807) is 30.5 Å². The summed E-state index contributed by atoms with van der Waals surface area (Å²) in [6, 6.07) is 10.8. The minimum Gasteiger partial charge on any atom is -0.494 e. The van der Waals surface area contributed by atoms with Crippen LogP contribution in [0.2, 0.25) is 0 Å². The summed E-state index contributed by atoms with van der Waals surface area (Å²) in [6.45, 7) is 5.57. The number of hydrogen-bond acceptors (Lipinski definition) is 4. The van der Waals surface area contributed by atoms with E-state index in [1.807, 2.05) is 26.0 Å². The van der Waals surface area contributed by atoms with Gasteiger partial charge in [0.05, 0.1) is 24.5 Å². The number of carbonyl (C=O) groups excluding carboxylic acids is 1. The van der Waals surface area contributed by atoms with E-state index in [0.717, 1.165) is 11.4 Å². The lowest BCUT2D eigenvalue weighted by Crippen LogP contribution is -2.12. The number of hydrogen-bond donors (Lipinski definition) is 1. The van der Waals surface area contributed by atoms with Crippen molar-refractivity contribution in [2.75, 3.05) is 18.5 Å². The highest BCUT2D eigenvalue weighted by Crippen LogP contribution is 2.16. The predicted molar refractivity (Wildman–Crippen MR) is 85.1 cm³/mol. The summed E-state index contributed by atoms with van der Waals surface area (Å²) in [5.41, 5.74) is 2.03. The Bertz CT molecular complexity index is 594. The first-order chi connectivity index (χ1) is 10.7. The van der Waals surface area contributed by atoms with Gasteiger partial charge in [-0.15, -0.1) is 0 Å². The molecule has 1 amide bonds. The van der Waals surface area contributed by atoms with Crippen LogP contribution < -0.4 is 10.1 Å². The van der Waals surface area contributed by atoms with Crippen LogP contribution in [0.4, 0.5) is 5.69 Å². The fourth-order valence-corrected chi connectivity index (χ4v) is 1.86. The van der Waals surface area contributed by atoms with E-state index in [4.69, 9.17) is 9.47 Å². The van der Waals surface area contributed by atoms with Crippen LogP contribution in [0.5, 0.6) is 5.75 Å². The van der Waals surface area contributed by atoms with E-state index in [2.05, 4.69) is 10.3 Å². The maximum absolute atomic E-state index is 12.1. The van der Waals surface area contributed by atoms with Crippen LogP contribution in [0.3, 0.4) is 0 Å². The zero-order valence-corrected chi connectivity index (χ0v) is 12.8. The molecule has 0 unspecified atom stereocenters. The third-order valence-electron chi connectivity index (χ3n) is 2.96. The molecule has 0 aliphatic heterocycles. The fourth-order valence-electron chi connectivity index (χ4n) is 1.86. The van der Waals surface area contributed by atoms with Crippen LogP contribution in [-0.2, 0) is 11.3 Å². The lowest BCUT2D eigenvalue weighted by Gasteiger charge is -2.07. The molecule has 1 aromatic heterocycles. The Morgan fingerprint density at radius 2 is 1.86 bits per heavy atom. The quantitative estimate of drug-likeness (QED) is 0.852. The number of ether oxygens (including phenoxy) is 2. The Kier molecular flexibility index (Phi) is 5.91. The molecule has 2 rings (SSSR count). The van der Waals surface area contributed by atoms with Crippen LogP contribution in [-0.4, -0.2) is 24.1 Å². The van der Waals surface area contributed by atoms with Gasteiger partial charge in [0, 0.05) is 18.5 Å². The summed E-state index contributed by atoms with van der Waals surface area (Å²) in [5, 5.41) is 2.82. The van der Waals surface area contributed by atoms with Gasteiger partial charge in [0.2, 0.25) is 0 Å². The average Bonchev–Trinajstić information content (AvgIpc) is 2.55. The molecule has 1 heterocycles. The van der Waals surface area contributed by atoms with Crippen molar-refractivity contribution in [1.82, 2.24) is 4.98 Å². The maximum Gasteiger partial charge on any atom is 0.257 e. The van der Waals surface area contributed by atoms with Gasteiger partial charge in [-0.2, -0.15) is 0 Å². The standard InChI is InChI=1S/C17H20N2O3/c1-3-21-12-15-6-5-13(11-18-15)17(20)19-14-7-9-16(10-8-14)22-4-2/h5-11H,3-4,12H2,1-2H3,(H,19,20). The second kappa shape index (κ2) is 8.14. The third kappa shape index (κ3) is 4.56. The molecule has 0 saturated heterocycles. The van der Waals surface area contributed by atoms with Crippen molar-refractivity contribution in [3.8, 4) is 5.75 Å². The molecule has 116 valence electrons. The first-order valence-corrected chi connectivity index (χ1v) is 7.29. The van der Waals surface area contributed by atoms with Gasteiger partial charge in [-0.25, -0.2) is 0 Å². The summed E-state index contributed by atoms with van der Waals surface area (Å²) in [4.78, 5) is 16.3. The topological polar surface area (TPSA) is 60.5 Å². The van der Waals surface area contributed by atoms with Gasteiger partial charge < -0.3 is 14.8 Å². The summed E-state index contributed by atoms with van der Waals surface area (Å²) in [7, 11) is 0. The zero-order chi connectivity index (χ0) is 15.8. The molecule has 2 aromatic rings. The van der Waals surface area contributed by atoms with Gasteiger partial charge >= 0.3 is 0 Å². The first-order valence-electron chi connectivity index (χ1n) is 7.29. The van der Waals surface area contributed by atoms with Crippen LogP contribution in [0.25, 0.3) is 0 Å². The Morgan fingerprint density at radius 1 is 1.09 bits per heavy atom. The second-order valence-electron chi connectivity index (χ2n) is 4.59. The van der Waals surface area contributed by atoms with Crippen LogP contribution in [0.15, 0.2) is 42.6 Å². The minimum absolute atomic E-state index is 0.195. The number of aromatic nitrogens is 1. The van der Waals surface area contributed by atoms with Crippen LogP contribution in [0, 0.1) is 0 Å². The second-order valence-corrected chi connectivity index (χ2v) is 4.59. The molecule has 0 atom stereocenters. The number of pyridine rings is 1. The average molecular weight is 300 g/mol. The SMILES string of the molecule is CCOCc1ccc(C(=O)Nc2ccc(OCC)cc2)cn1. The molecule has 22 heavy (non-hydrogen) atoms. The summed E-state index contributed by atoms with van der Waals surface area (Å²) < 4.78 is 10.6. The smallest absolute Gasteiger partial charge is 0.257 e. The Hall–Kier alpha value is -2.40. The van der Waals surface area contributed by atoms with Crippen molar-refractivity contribution < 1.29 is 14.3 Å². The van der Waals surface area contributed by atoms with E-state index in [0.29, 0.717) is 31.1 Å². The van der Waals surface area contributed by atoms with Crippen LogP contribution >= 0.6 is 0 Å². The molecular formula is C17H20N2O3. The molecule has 5 nitrogen and oxygen atoms in total. The number of nitrogens with zero attached hydrogens (tertiary/aromatic N) is 1. The van der Waals surface area contributed by atoms with E-state index in [1.165, 1.54) is 0 Å². The van der Waals surface area contributed by atoms with Gasteiger partial charge in [0.1, 0.15) is 5.75 Å². The van der Waals surface area contributed by atoms with Gasteiger partial charge in [-0.1, -0.05) is 0 Å². The zero-order valence-electron chi connectivity index (χ0n) is 12.8. The Labute approximate surface area is 130 Å². The highest BCUT2D eigenvalue weighted by Gasteiger charge is 2.07. The van der Waals surface area contributed by atoms with E-state index in [-0.39, 0.29) is 5.91 Å². The Balaban J connectivity index is 1.96. The highest BCUT2D eigenvalue weighted by molar-refractivity contribution is 6.04. The summed E-state index contributed by atoms with van der Waals surface area (Å²) >= 11 is 0. The fraction of sp³-hybridized carbons (Fsp3) is 0.294. The molecule has 5 heteroatoms. The van der Waals surface area contributed by atoms with Crippen molar-refractivity contribution in [2.45, 2.75) is 20.5 Å². The highest BCUT2D eigenvalue weighted by atomic mass is 16.5. The number of carbonyl (C=O) groups is 1. The lowest BCUT2D eigenvalue weighted by molar-refractivity contribution is 0.102. The number of rotatable bonds is 7.